The maximum Gasteiger partial charge on any atom is 0.404 e. The topological polar surface area (TPSA) is 82.2 Å². The summed E-state index contributed by atoms with van der Waals surface area (Å²) in [5.41, 5.74) is 2.54. The summed E-state index contributed by atoms with van der Waals surface area (Å²) < 4.78 is 0. The molecule has 0 fully saturated rings. The molecule has 0 aliphatic heterocycles. The van der Waals surface area contributed by atoms with Gasteiger partial charge >= 0.3 is 6.09 Å². The second-order valence-corrected chi connectivity index (χ2v) is 4.25. The van der Waals surface area contributed by atoms with Gasteiger partial charge in [-0.15, -0.1) is 0 Å². The van der Waals surface area contributed by atoms with E-state index in [1.54, 1.807) is 6.20 Å². The van der Waals surface area contributed by atoms with Crippen LogP contribution in [0.2, 0.25) is 0 Å². The molecule has 2 rings (SSSR count). The summed E-state index contributed by atoms with van der Waals surface area (Å²) >= 11 is 0. The first-order chi connectivity index (χ1) is 8.61. The maximum atomic E-state index is 10.8. The first-order valence-electron chi connectivity index (χ1n) is 5.65. The van der Waals surface area contributed by atoms with E-state index in [4.69, 9.17) is 5.11 Å². The zero-order valence-corrected chi connectivity index (χ0v) is 9.93. The predicted molar refractivity (Wildman–Crippen MR) is 68.1 cm³/mol. The number of aromatic amines is 1. The highest BCUT2D eigenvalue weighted by atomic mass is 16.4. The zero-order chi connectivity index (χ0) is 13.1. The number of fused-ring (bicyclic) bond motifs is 1. The van der Waals surface area contributed by atoms with Gasteiger partial charge in [0, 0.05) is 29.2 Å². The molecule has 0 aliphatic carbocycles. The van der Waals surface area contributed by atoms with Crippen LogP contribution >= 0.6 is 0 Å². The van der Waals surface area contributed by atoms with Gasteiger partial charge in [0.2, 0.25) is 0 Å². The lowest BCUT2D eigenvalue weighted by Crippen LogP contribution is -2.25. The number of rotatable bonds is 4. The number of nitrogens with one attached hydrogen (secondary N) is 2. The van der Waals surface area contributed by atoms with Crippen molar-refractivity contribution < 1.29 is 14.7 Å². The molecule has 1 unspecified atom stereocenters. The van der Waals surface area contributed by atoms with Crippen LogP contribution < -0.4 is 5.32 Å². The SMILES string of the molecule is CC(CNC(=O)O)c1ccc2c(C=O)c[nH]c2c1. The average Bonchev–Trinajstić information content (AvgIpc) is 2.77. The molecular weight excluding hydrogens is 232 g/mol. The Kier molecular flexibility index (Phi) is 3.32. The predicted octanol–water partition coefficient (Wildman–Crippen LogP) is 2.35. The molecule has 0 radical (unpaired) electrons. The smallest absolute Gasteiger partial charge is 0.404 e. The molecule has 0 spiro atoms. The standard InChI is InChI=1S/C13H14N2O3/c1-8(5-15-13(17)18)9-2-3-11-10(7-16)6-14-12(11)4-9/h2-4,6-8,14-15H,5H2,1H3,(H,17,18). The molecule has 5 nitrogen and oxygen atoms in total. The van der Waals surface area contributed by atoms with Crippen molar-refractivity contribution in [1.82, 2.24) is 10.3 Å². The molecule has 0 saturated carbocycles. The van der Waals surface area contributed by atoms with Crippen LogP contribution in [0.3, 0.4) is 0 Å². The molecule has 18 heavy (non-hydrogen) atoms. The Morgan fingerprint density at radius 3 is 3.00 bits per heavy atom. The molecule has 2 aromatic rings. The summed E-state index contributed by atoms with van der Waals surface area (Å²) in [6.07, 6.45) is 1.46. The van der Waals surface area contributed by atoms with Gasteiger partial charge in [-0.3, -0.25) is 4.79 Å². The van der Waals surface area contributed by atoms with Crippen LogP contribution in [0, 0.1) is 0 Å². The number of hydrogen-bond donors (Lipinski definition) is 3. The van der Waals surface area contributed by atoms with Crippen molar-refractivity contribution in [2.75, 3.05) is 6.54 Å². The Morgan fingerprint density at radius 2 is 2.33 bits per heavy atom. The number of carbonyl (C=O) groups excluding carboxylic acids is 1. The van der Waals surface area contributed by atoms with E-state index in [0.717, 1.165) is 22.8 Å². The minimum absolute atomic E-state index is 0.0773. The summed E-state index contributed by atoms with van der Waals surface area (Å²) in [6.45, 7) is 2.31. The Balaban J connectivity index is 2.24. The molecule has 0 bridgehead atoms. The van der Waals surface area contributed by atoms with E-state index in [9.17, 15) is 9.59 Å². The molecule has 1 atom stereocenters. The van der Waals surface area contributed by atoms with Crippen molar-refractivity contribution >= 4 is 23.3 Å². The summed E-state index contributed by atoms with van der Waals surface area (Å²) in [4.78, 5) is 24.2. The van der Waals surface area contributed by atoms with Gasteiger partial charge in [-0.05, 0) is 17.5 Å². The lowest BCUT2D eigenvalue weighted by atomic mass is 9.99. The highest BCUT2D eigenvalue weighted by molar-refractivity contribution is 5.97. The molecule has 3 N–H and O–H groups in total. The van der Waals surface area contributed by atoms with Crippen LogP contribution in [0.5, 0.6) is 0 Å². The van der Waals surface area contributed by atoms with Crippen LogP contribution in [-0.4, -0.2) is 29.0 Å². The van der Waals surface area contributed by atoms with Gasteiger partial charge in [-0.25, -0.2) is 4.79 Å². The highest BCUT2D eigenvalue weighted by Gasteiger charge is 2.09. The average molecular weight is 246 g/mol. The van der Waals surface area contributed by atoms with E-state index in [-0.39, 0.29) is 5.92 Å². The van der Waals surface area contributed by atoms with E-state index in [2.05, 4.69) is 10.3 Å². The third kappa shape index (κ3) is 2.34. The van der Waals surface area contributed by atoms with Crippen molar-refractivity contribution in [1.29, 1.82) is 0 Å². The second-order valence-electron chi connectivity index (χ2n) is 4.25. The monoisotopic (exact) mass is 246 g/mol. The van der Waals surface area contributed by atoms with Crippen LogP contribution in [0.1, 0.15) is 28.8 Å². The van der Waals surface area contributed by atoms with Gasteiger partial charge in [0.25, 0.3) is 0 Å². The van der Waals surface area contributed by atoms with E-state index in [1.807, 2.05) is 25.1 Å². The fourth-order valence-corrected chi connectivity index (χ4v) is 1.93. The van der Waals surface area contributed by atoms with E-state index >= 15 is 0 Å². The van der Waals surface area contributed by atoms with Crippen LogP contribution in [0.25, 0.3) is 10.9 Å². The number of aldehydes is 1. The largest absolute Gasteiger partial charge is 0.465 e. The molecule has 5 heteroatoms. The van der Waals surface area contributed by atoms with Gasteiger partial charge < -0.3 is 15.4 Å². The molecule has 1 heterocycles. The highest BCUT2D eigenvalue weighted by Crippen LogP contribution is 2.22. The van der Waals surface area contributed by atoms with E-state index in [1.165, 1.54) is 0 Å². The number of amides is 1. The number of H-pyrrole nitrogens is 1. The Hall–Kier alpha value is -2.30. The fourth-order valence-electron chi connectivity index (χ4n) is 1.93. The van der Waals surface area contributed by atoms with Gasteiger partial charge in [-0.2, -0.15) is 0 Å². The second kappa shape index (κ2) is 4.91. The minimum atomic E-state index is -1.02. The van der Waals surface area contributed by atoms with Crippen molar-refractivity contribution in [2.45, 2.75) is 12.8 Å². The first-order valence-corrected chi connectivity index (χ1v) is 5.65. The van der Waals surface area contributed by atoms with Gasteiger partial charge in [0.05, 0.1) is 0 Å². The molecule has 1 aromatic carbocycles. The van der Waals surface area contributed by atoms with Crippen LogP contribution in [0.4, 0.5) is 4.79 Å². The maximum absolute atomic E-state index is 10.8. The van der Waals surface area contributed by atoms with Gasteiger partial charge in [0.1, 0.15) is 0 Å². The summed E-state index contributed by atoms with van der Waals surface area (Å²) in [5.74, 6) is 0.0773. The van der Waals surface area contributed by atoms with Crippen molar-refractivity contribution in [3.05, 3.63) is 35.5 Å². The number of benzene rings is 1. The molecular formula is C13H14N2O3. The first kappa shape index (κ1) is 12.2. The van der Waals surface area contributed by atoms with Gasteiger partial charge in [0.15, 0.2) is 6.29 Å². The third-order valence-corrected chi connectivity index (χ3v) is 2.99. The molecule has 94 valence electrons. The number of carbonyl (C=O) groups is 2. The Bertz CT molecular complexity index is 589. The van der Waals surface area contributed by atoms with Crippen molar-refractivity contribution in [3.63, 3.8) is 0 Å². The summed E-state index contributed by atoms with van der Waals surface area (Å²) in [7, 11) is 0. The molecule has 1 aromatic heterocycles. The zero-order valence-electron chi connectivity index (χ0n) is 9.93. The lowest BCUT2D eigenvalue weighted by Gasteiger charge is -2.11. The lowest BCUT2D eigenvalue weighted by molar-refractivity contribution is 0.112. The normalized spacial score (nSPS) is 12.3. The molecule has 0 aliphatic rings. The quantitative estimate of drug-likeness (QED) is 0.724. The minimum Gasteiger partial charge on any atom is -0.465 e. The molecule has 1 amide bonds. The van der Waals surface area contributed by atoms with Crippen LogP contribution in [-0.2, 0) is 0 Å². The van der Waals surface area contributed by atoms with Crippen LogP contribution in [0.15, 0.2) is 24.4 Å². The number of aromatic nitrogens is 1. The van der Waals surface area contributed by atoms with E-state index in [0.29, 0.717) is 12.1 Å². The molecule has 0 saturated heterocycles. The summed E-state index contributed by atoms with van der Waals surface area (Å²) in [6, 6.07) is 5.73. The van der Waals surface area contributed by atoms with Crippen molar-refractivity contribution in [2.24, 2.45) is 0 Å². The number of carboxylic acid groups (broad SMARTS) is 1. The summed E-state index contributed by atoms with van der Waals surface area (Å²) in [5, 5.41) is 11.8. The van der Waals surface area contributed by atoms with Gasteiger partial charge in [-0.1, -0.05) is 19.1 Å². The van der Waals surface area contributed by atoms with Crippen molar-refractivity contribution in [3.8, 4) is 0 Å². The third-order valence-electron chi connectivity index (χ3n) is 2.99. The Morgan fingerprint density at radius 1 is 1.56 bits per heavy atom. The van der Waals surface area contributed by atoms with E-state index < -0.39 is 6.09 Å². The fraction of sp³-hybridized carbons (Fsp3) is 0.231. The Labute approximate surface area is 104 Å². The number of hydrogen-bond acceptors (Lipinski definition) is 2.